The molecule has 3 aliphatic rings. The lowest BCUT2D eigenvalue weighted by molar-refractivity contribution is -0.437. The maximum absolute atomic E-state index is 11.7. The first-order valence-electron chi connectivity index (χ1n) is 18.8. The van der Waals surface area contributed by atoms with E-state index in [2.05, 4.69) is 129 Å². The molecule has 0 spiro atoms. The van der Waals surface area contributed by atoms with Crippen LogP contribution in [0.1, 0.15) is 96.8 Å². The van der Waals surface area contributed by atoms with Crippen LogP contribution in [0, 0.1) is 0 Å². The maximum atomic E-state index is 11.7. The first-order chi connectivity index (χ1) is 24.6. The highest BCUT2D eigenvalue weighted by Gasteiger charge is 2.44. The van der Waals surface area contributed by atoms with Gasteiger partial charge in [-0.25, -0.2) is 5.84 Å². The maximum Gasteiger partial charge on any atom is 0.234 e. The Hall–Kier alpha value is -4.68. The second kappa shape index (κ2) is 15.3. The molecule has 0 fully saturated rings. The fourth-order valence-electron chi connectivity index (χ4n) is 8.09. The molecule has 0 atom stereocenters. The number of carbonyl (C=O) groups excluding carboxylic acids is 1. The van der Waals surface area contributed by atoms with Gasteiger partial charge in [0.15, 0.2) is 5.71 Å². The molecule has 1 amide bonds. The topological polar surface area (TPSA) is 70.6 Å². The van der Waals surface area contributed by atoms with E-state index >= 15 is 0 Å². The SMILES string of the molecule is CCCN1/C(=C/C=C2\CCCC(/C=C/C3=[N+](CCC)c4ccccc4C3(C)C)=C2Oc2ccc(CCC(=O)NN)cc2)C(C)(C)c2ccccc21. The van der Waals surface area contributed by atoms with Crippen LogP contribution in [0.3, 0.4) is 0 Å². The number of hydrogen-bond donors (Lipinski definition) is 2. The van der Waals surface area contributed by atoms with Crippen molar-refractivity contribution in [2.45, 2.75) is 97.3 Å². The van der Waals surface area contributed by atoms with E-state index < -0.39 is 0 Å². The molecule has 51 heavy (non-hydrogen) atoms. The van der Waals surface area contributed by atoms with Crippen LogP contribution in [0.15, 0.2) is 120 Å². The minimum atomic E-state index is -0.169. The van der Waals surface area contributed by atoms with Crippen molar-refractivity contribution in [1.82, 2.24) is 5.43 Å². The van der Waals surface area contributed by atoms with Gasteiger partial charge in [0.1, 0.15) is 18.1 Å². The van der Waals surface area contributed by atoms with E-state index in [1.165, 1.54) is 45.1 Å². The number of nitrogens with zero attached hydrogens (tertiary/aromatic N) is 2. The molecule has 0 saturated carbocycles. The molecule has 3 N–H and O–H groups in total. The van der Waals surface area contributed by atoms with E-state index in [0.717, 1.165) is 62.3 Å². The summed E-state index contributed by atoms with van der Waals surface area (Å²) in [7, 11) is 0. The van der Waals surface area contributed by atoms with Crippen LogP contribution in [-0.4, -0.2) is 29.3 Å². The Morgan fingerprint density at radius 1 is 0.882 bits per heavy atom. The molecule has 6 nitrogen and oxygen atoms in total. The molecular weight excluding hydrogens is 629 g/mol. The fraction of sp³-hybridized carbons (Fsp3) is 0.378. The Morgan fingerprint density at radius 3 is 2.33 bits per heavy atom. The van der Waals surface area contributed by atoms with Crippen molar-refractivity contribution in [3.05, 3.63) is 136 Å². The van der Waals surface area contributed by atoms with Gasteiger partial charge in [0.2, 0.25) is 11.6 Å². The predicted octanol–water partition coefficient (Wildman–Crippen LogP) is 9.49. The molecule has 1 aliphatic carbocycles. The normalized spacial score (nSPS) is 19.3. The Balaban J connectivity index is 1.41. The van der Waals surface area contributed by atoms with Gasteiger partial charge in [0.05, 0.1) is 5.41 Å². The number of hydrazine groups is 1. The van der Waals surface area contributed by atoms with Crippen molar-refractivity contribution in [2.75, 3.05) is 18.0 Å². The van der Waals surface area contributed by atoms with E-state index in [1.807, 2.05) is 24.3 Å². The zero-order valence-electron chi connectivity index (χ0n) is 31.4. The van der Waals surface area contributed by atoms with Crippen LogP contribution < -0.4 is 20.9 Å². The van der Waals surface area contributed by atoms with Gasteiger partial charge in [-0.3, -0.25) is 10.2 Å². The number of nitrogens with one attached hydrogen (secondary N) is 1. The Bertz CT molecular complexity index is 1920. The summed E-state index contributed by atoms with van der Waals surface area (Å²) in [4.78, 5) is 14.2. The molecule has 0 radical (unpaired) electrons. The number of fused-ring (bicyclic) bond motifs is 2. The predicted molar refractivity (Wildman–Crippen MR) is 211 cm³/mol. The van der Waals surface area contributed by atoms with E-state index in [9.17, 15) is 4.79 Å². The molecule has 2 heterocycles. The van der Waals surface area contributed by atoms with Crippen LogP contribution in [0.5, 0.6) is 5.75 Å². The van der Waals surface area contributed by atoms with Crippen molar-refractivity contribution in [3.63, 3.8) is 0 Å². The summed E-state index contributed by atoms with van der Waals surface area (Å²) < 4.78 is 9.39. The fourth-order valence-corrected chi connectivity index (χ4v) is 8.09. The van der Waals surface area contributed by atoms with Crippen LogP contribution in [0.25, 0.3) is 0 Å². The van der Waals surface area contributed by atoms with Crippen molar-refractivity contribution >= 4 is 23.0 Å². The van der Waals surface area contributed by atoms with Crippen molar-refractivity contribution < 1.29 is 14.1 Å². The Labute approximate surface area is 305 Å². The summed E-state index contributed by atoms with van der Waals surface area (Å²) in [6, 6.07) is 25.8. The monoisotopic (exact) mass is 683 g/mol. The van der Waals surface area contributed by atoms with E-state index in [4.69, 9.17) is 10.6 Å². The number of anilines is 1. The highest BCUT2D eigenvalue weighted by molar-refractivity contribution is 6.03. The van der Waals surface area contributed by atoms with Gasteiger partial charge < -0.3 is 9.64 Å². The van der Waals surface area contributed by atoms with Crippen LogP contribution in [-0.2, 0) is 22.0 Å². The van der Waals surface area contributed by atoms with Gasteiger partial charge >= 0.3 is 0 Å². The van der Waals surface area contributed by atoms with Crippen molar-refractivity contribution in [1.29, 1.82) is 0 Å². The number of nitrogens with two attached hydrogens (primary N) is 1. The third kappa shape index (κ3) is 7.25. The lowest BCUT2D eigenvalue weighted by atomic mass is 9.81. The third-order valence-corrected chi connectivity index (χ3v) is 10.8. The number of para-hydroxylation sites is 2. The van der Waals surface area contributed by atoms with Crippen LogP contribution in [0.2, 0.25) is 0 Å². The lowest BCUT2D eigenvalue weighted by Crippen LogP contribution is -2.30. The van der Waals surface area contributed by atoms with Gasteiger partial charge in [-0.05, 0) is 98.6 Å². The van der Waals surface area contributed by atoms with E-state index in [1.54, 1.807) is 0 Å². The molecule has 3 aromatic carbocycles. The standard InChI is InChI=1S/C45H54N4O2/c1-7-30-48-38-18-11-9-16-36(38)44(3,4)40(48)27-23-33-14-13-15-34(43(33)51-35-25-20-32(21-26-35)22-29-42(50)47-46)24-28-41-45(5,6)37-17-10-12-19-39(37)49(41)31-8-2/h9-12,16-21,23-28H,7-8,13-15,22,29-31,46H2,1-6H3/p+1. The molecule has 0 aromatic heterocycles. The number of allylic oxidation sites excluding steroid dienone is 7. The summed E-state index contributed by atoms with van der Waals surface area (Å²) in [5.41, 5.74) is 13.5. The molecule has 0 saturated heterocycles. The molecule has 3 aromatic rings. The quantitative estimate of drug-likeness (QED) is 0.0864. The van der Waals surface area contributed by atoms with Gasteiger partial charge in [-0.15, -0.1) is 0 Å². The zero-order chi connectivity index (χ0) is 36.2. The molecule has 0 bridgehead atoms. The minimum Gasteiger partial charge on any atom is -0.457 e. The summed E-state index contributed by atoms with van der Waals surface area (Å²) in [6.07, 6.45) is 15.4. The molecule has 0 unspecified atom stereocenters. The van der Waals surface area contributed by atoms with Crippen LogP contribution >= 0.6 is 0 Å². The molecule has 266 valence electrons. The van der Waals surface area contributed by atoms with Gasteiger partial charge in [-0.1, -0.05) is 82.3 Å². The summed E-state index contributed by atoms with van der Waals surface area (Å²) in [5, 5.41) is 0. The van der Waals surface area contributed by atoms with Gasteiger partial charge in [0.25, 0.3) is 0 Å². The highest BCUT2D eigenvalue weighted by Crippen LogP contribution is 2.48. The smallest absolute Gasteiger partial charge is 0.234 e. The third-order valence-electron chi connectivity index (χ3n) is 10.8. The van der Waals surface area contributed by atoms with Crippen molar-refractivity contribution in [2.24, 2.45) is 5.84 Å². The number of benzene rings is 3. The first kappa shape index (κ1) is 36.1. The second-order valence-electron chi connectivity index (χ2n) is 15.1. The zero-order valence-corrected chi connectivity index (χ0v) is 31.4. The Kier molecular flexibility index (Phi) is 10.8. The largest absolute Gasteiger partial charge is 0.457 e. The average Bonchev–Trinajstić information content (AvgIpc) is 3.48. The van der Waals surface area contributed by atoms with E-state index in [0.29, 0.717) is 12.8 Å². The first-order valence-corrected chi connectivity index (χ1v) is 18.8. The number of amides is 1. The van der Waals surface area contributed by atoms with Crippen molar-refractivity contribution in [3.8, 4) is 5.75 Å². The average molecular weight is 684 g/mol. The number of rotatable bonds is 12. The number of aryl methyl sites for hydroxylation is 1. The van der Waals surface area contributed by atoms with Gasteiger partial charge in [-0.2, -0.15) is 4.58 Å². The highest BCUT2D eigenvalue weighted by atomic mass is 16.5. The second-order valence-corrected chi connectivity index (χ2v) is 15.1. The van der Waals surface area contributed by atoms with Gasteiger partial charge in [0, 0.05) is 53.9 Å². The summed E-state index contributed by atoms with van der Waals surface area (Å²) in [5.74, 6) is 6.85. The van der Waals surface area contributed by atoms with E-state index in [-0.39, 0.29) is 16.7 Å². The Morgan fingerprint density at radius 2 is 1.61 bits per heavy atom. The summed E-state index contributed by atoms with van der Waals surface area (Å²) in [6.45, 7) is 15.8. The molecule has 6 heteroatoms. The van der Waals surface area contributed by atoms with Crippen LogP contribution in [0.4, 0.5) is 11.4 Å². The molecule has 6 rings (SSSR count). The number of carbonyl (C=O) groups is 1. The number of hydrogen-bond acceptors (Lipinski definition) is 4. The molecular formula is C45H55N4O2+. The minimum absolute atomic E-state index is 0.107. The lowest BCUT2D eigenvalue weighted by Gasteiger charge is -2.27. The molecule has 2 aliphatic heterocycles. The summed E-state index contributed by atoms with van der Waals surface area (Å²) >= 11 is 0. The number of ether oxygens (including phenoxy) is 1.